The minimum Gasteiger partial charge on any atom is -0.394 e. The van der Waals surface area contributed by atoms with E-state index in [-0.39, 0.29) is 12.5 Å². The quantitative estimate of drug-likeness (QED) is 0.0259. The van der Waals surface area contributed by atoms with Crippen LogP contribution in [-0.4, -0.2) is 140 Å². The van der Waals surface area contributed by atoms with E-state index in [0.29, 0.717) is 12.8 Å². The second kappa shape index (κ2) is 47.8. The third-order valence-corrected chi connectivity index (χ3v) is 16.1. The Morgan fingerprint density at radius 3 is 1.13 bits per heavy atom. The summed E-state index contributed by atoms with van der Waals surface area (Å²) in [5, 5.41) is 87.3. The number of nitrogens with one attached hydrogen (secondary N) is 1. The maximum Gasteiger partial charge on any atom is 0.220 e. The third-order valence-electron chi connectivity index (χ3n) is 16.1. The van der Waals surface area contributed by atoms with Crippen LogP contribution >= 0.6 is 0 Å². The SMILES string of the molecule is CCCCCCCCCCCCCCCCCCCCCCCCCCCCC(=O)NC(COC1OC(CO)C(OC2OC(CO)C(O)C(O)C2O)C(O)C1O)C(O)CCCCCCCCCCCCCCCCC. The molecule has 2 aliphatic heterocycles. The predicted octanol–water partition coefficient (Wildman–Crippen LogP) is 11.3. The molecule has 2 rings (SSSR count). The van der Waals surface area contributed by atoms with Crippen molar-refractivity contribution in [3.8, 4) is 0 Å². The number of aliphatic hydroxyl groups is 8. The van der Waals surface area contributed by atoms with E-state index < -0.39 is 86.8 Å². The first-order valence-corrected chi connectivity index (χ1v) is 31.8. The minimum atomic E-state index is -1.78. The van der Waals surface area contributed by atoms with Crippen molar-refractivity contribution in [3.05, 3.63) is 0 Å². The Hall–Kier alpha value is -1.01. The van der Waals surface area contributed by atoms with Crippen molar-refractivity contribution in [2.24, 2.45) is 0 Å². The summed E-state index contributed by atoms with van der Waals surface area (Å²) in [7, 11) is 0. The molecular weight excluding hydrogens is 955 g/mol. The van der Waals surface area contributed by atoms with Crippen LogP contribution in [0.5, 0.6) is 0 Å². The second-order valence-electron chi connectivity index (χ2n) is 22.9. The van der Waals surface area contributed by atoms with Crippen LogP contribution in [0.3, 0.4) is 0 Å². The molecule has 0 aromatic carbocycles. The van der Waals surface area contributed by atoms with Gasteiger partial charge >= 0.3 is 0 Å². The van der Waals surface area contributed by atoms with Gasteiger partial charge in [-0.15, -0.1) is 0 Å². The van der Waals surface area contributed by atoms with E-state index in [0.717, 1.165) is 51.4 Å². The largest absolute Gasteiger partial charge is 0.394 e. The van der Waals surface area contributed by atoms with Crippen molar-refractivity contribution in [2.45, 2.75) is 364 Å². The van der Waals surface area contributed by atoms with E-state index in [1.807, 2.05) is 0 Å². The fraction of sp³-hybridized carbons (Fsp3) is 0.984. The molecule has 446 valence electrons. The van der Waals surface area contributed by atoms with E-state index in [9.17, 15) is 45.6 Å². The predicted molar refractivity (Wildman–Crippen MR) is 300 cm³/mol. The van der Waals surface area contributed by atoms with Gasteiger partial charge in [0, 0.05) is 6.42 Å². The molecule has 0 radical (unpaired) electrons. The summed E-state index contributed by atoms with van der Waals surface area (Å²) in [4.78, 5) is 13.3. The van der Waals surface area contributed by atoms with Gasteiger partial charge in [0.25, 0.3) is 0 Å². The van der Waals surface area contributed by atoms with Crippen molar-refractivity contribution < 1.29 is 64.6 Å². The Kier molecular flexibility index (Phi) is 44.6. The van der Waals surface area contributed by atoms with Gasteiger partial charge in [-0.05, 0) is 12.8 Å². The molecule has 0 spiro atoms. The lowest BCUT2D eigenvalue weighted by atomic mass is 9.97. The first kappa shape index (κ1) is 70.1. The van der Waals surface area contributed by atoms with Gasteiger partial charge in [0.05, 0.1) is 32.0 Å². The number of amides is 1. The van der Waals surface area contributed by atoms with Crippen LogP contribution in [-0.2, 0) is 23.7 Å². The van der Waals surface area contributed by atoms with Gasteiger partial charge in [0.2, 0.25) is 5.91 Å². The first-order chi connectivity index (χ1) is 36.6. The first-order valence-electron chi connectivity index (χ1n) is 31.8. The topological polar surface area (TPSA) is 228 Å². The van der Waals surface area contributed by atoms with E-state index >= 15 is 0 Å². The molecule has 75 heavy (non-hydrogen) atoms. The molecule has 14 nitrogen and oxygen atoms in total. The third kappa shape index (κ3) is 33.4. The zero-order valence-electron chi connectivity index (χ0n) is 48.1. The molecule has 0 aromatic rings. The van der Waals surface area contributed by atoms with Crippen LogP contribution in [0.15, 0.2) is 0 Å². The highest BCUT2D eigenvalue weighted by atomic mass is 16.7. The molecule has 0 saturated carbocycles. The Morgan fingerprint density at radius 2 is 0.760 bits per heavy atom. The van der Waals surface area contributed by atoms with Crippen LogP contribution in [0, 0.1) is 0 Å². The molecule has 0 aliphatic carbocycles. The van der Waals surface area contributed by atoms with Crippen LogP contribution in [0.2, 0.25) is 0 Å². The summed E-state index contributed by atoms with van der Waals surface area (Å²) in [6.45, 7) is 2.90. The Morgan fingerprint density at radius 1 is 0.427 bits per heavy atom. The van der Waals surface area contributed by atoms with Gasteiger partial charge < -0.3 is 65.1 Å². The normalized spacial score (nSPS) is 24.9. The summed E-state index contributed by atoms with van der Waals surface area (Å²) < 4.78 is 22.9. The number of hydrogen-bond acceptors (Lipinski definition) is 13. The molecule has 9 N–H and O–H groups in total. The highest BCUT2D eigenvalue weighted by Crippen LogP contribution is 2.30. The lowest BCUT2D eigenvalue weighted by Gasteiger charge is -2.46. The molecule has 12 atom stereocenters. The Bertz CT molecular complexity index is 1270. The Labute approximate surface area is 457 Å². The minimum absolute atomic E-state index is 0.199. The molecular formula is C61H119NO13. The average molecular weight is 1070 g/mol. The highest BCUT2D eigenvalue weighted by molar-refractivity contribution is 5.76. The number of hydrogen-bond donors (Lipinski definition) is 9. The van der Waals surface area contributed by atoms with E-state index in [1.54, 1.807) is 0 Å². The van der Waals surface area contributed by atoms with Gasteiger partial charge in [0.15, 0.2) is 12.6 Å². The van der Waals surface area contributed by atoms with Crippen LogP contribution < -0.4 is 5.32 Å². The van der Waals surface area contributed by atoms with Gasteiger partial charge in [0.1, 0.15) is 48.8 Å². The molecule has 14 heteroatoms. The fourth-order valence-corrected chi connectivity index (χ4v) is 10.9. The smallest absolute Gasteiger partial charge is 0.220 e. The molecule has 2 fully saturated rings. The van der Waals surface area contributed by atoms with E-state index in [2.05, 4.69) is 19.2 Å². The number of ether oxygens (including phenoxy) is 4. The average Bonchev–Trinajstić information content (AvgIpc) is 3.41. The summed E-state index contributed by atoms with van der Waals surface area (Å²) in [5.41, 5.74) is 0. The monoisotopic (exact) mass is 1070 g/mol. The molecule has 2 heterocycles. The van der Waals surface area contributed by atoms with Crippen LogP contribution in [0.25, 0.3) is 0 Å². The van der Waals surface area contributed by atoms with Crippen LogP contribution in [0.4, 0.5) is 0 Å². The van der Waals surface area contributed by atoms with Crippen molar-refractivity contribution >= 4 is 5.91 Å². The number of carbonyl (C=O) groups is 1. The van der Waals surface area contributed by atoms with E-state index in [4.69, 9.17) is 18.9 Å². The molecule has 1 amide bonds. The van der Waals surface area contributed by atoms with Crippen molar-refractivity contribution in [1.82, 2.24) is 5.32 Å². The summed E-state index contributed by atoms with van der Waals surface area (Å²) in [6, 6.07) is -0.822. The molecule has 2 aliphatic rings. The Balaban J connectivity index is 1.68. The van der Waals surface area contributed by atoms with Gasteiger partial charge in [-0.1, -0.05) is 271 Å². The van der Waals surface area contributed by atoms with Crippen LogP contribution in [0.1, 0.15) is 290 Å². The maximum absolute atomic E-state index is 13.3. The zero-order valence-corrected chi connectivity index (χ0v) is 48.1. The number of rotatable bonds is 52. The van der Waals surface area contributed by atoms with Gasteiger partial charge in [-0.3, -0.25) is 4.79 Å². The standard InChI is InChI=1S/C61H119NO13/c1-3-5-7-9-11-13-15-17-19-20-21-22-23-24-25-26-27-28-29-31-33-35-37-39-41-43-45-53(66)62-49(50(65)44-42-40-38-36-34-32-30-18-16-14-12-10-8-6-4-2)48-72-60-58(71)56(69)59(52(47-64)74-60)75-61-57(70)55(68)54(67)51(46-63)73-61/h49-52,54-61,63-65,67-71H,3-48H2,1-2H3,(H,62,66). The molecule has 2 saturated heterocycles. The van der Waals surface area contributed by atoms with Crippen molar-refractivity contribution in [2.75, 3.05) is 19.8 Å². The highest BCUT2D eigenvalue weighted by Gasteiger charge is 2.51. The maximum atomic E-state index is 13.3. The molecule has 0 aromatic heterocycles. The molecule has 0 bridgehead atoms. The van der Waals surface area contributed by atoms with Gasteiger partial charge in [-0.2, -0.15) is 0 Å². The summed E-state index contributed by atoms with van der Waals surface area (Å²) >= 11 is 0. The number of aliphatic hydroxyl groups excluding tert-OH is 8. The van der Waals surface area contributed by atoms with Crippen molar-refractivity contribution in [1.29, 1.82) is 0 Å². The van der Waals surface area contributed by atoms with E-state index in [1.165, 1.54) is 212 Å². The second-order valence-corrected chi connectivity index (χ2v) is 22.9. The number of unbranched alkanes of at least 4 members (excludes halogenated alkanes) is 39. The summed E-state index contributed by atoms with van der Waals surface area (Å²) in [5.74, 6) is -0.199. The number of carbonyl (C=O) groups excluding carboxylic acids is 1. The lowest BCUT2D eigenvalue weighted by Crippen LogP contribution is -2.65. The zero-order chi connectivity index (χ0) is 54.6. The van der Waals surface area contributed by atoms with Crippen molar-refractivity contribution in [3.63, 3.8) is 0 Å². The fourth-order valence-electron chi connectivity index (χ4n) is 10.9. The van der Waals surface area contributed by atoms with Gasteiger partial charge in [-0.25, -0.2) is 0 Å². The lowest BCUT2D eigenvalue weighted by molar-refractivity contribution is -0.359. The molecule has 12 unspecified atom stereocenters. The summed E-state index contributed by atoms with van der Waals surface area (Å²) in [6.07, 6.45) is 36.8.